The number of amides is 2. The number of nitrogens with one attached hydrogen (secondary N) is 2. The van der Waals surface area contributed by atoms with E-state index < -0.39 is 0 Å². The molecule has 0 unspecified atom stereocenters. The normalized spacial score (nSPS) is 9.94. The molecule has 0 saturated heterocycles. The van der Waals surface area contributed by atoms with Crippen LogP contribution in [0.3, 0.4) is 0 Å². The highest BCUT2D eigenvalue weighted by Gasteiger charge is 2.13. The number of aryl methyl sites for hydroxylation is 2. The minimum Gasteiger partial charge on any atom is -0.358 e. The lowest BCUT2D eigenvalue weighted by atomic mass is 10.3. The summed E-state index contributed by atoms with van der Waals surface area (Å²) in [4.78, 5) is 22.7. The van der Waals surface area contributed by atoms with Crippen LogP contribution in [-0.2, 0) is 11.3 Å². The average molecular weight is 224 g/mol. The Hall–Kier alpha value is -1.85. The number of carbonyl (C=O) groups is 2. The van der Waals surface area contributed by atoms with Crippen molar-refractivity contribution < 1.29 is 9.59 Å². The van der Waals surface area contributed by atoms with Gasteiger partial charge in [-0.05, 0) is 19.9 Å². The molecule has 0 saturated carbocycles. The van der Waals surface area contributed by atoms with Crippen LogP contribution >= 0.6 is 0 Å². The third-order valence-electron chi connectivity index (χ3n) is 2.12. The van der Waals surface area contributed by atoms with E-state index in [1.165, 1.54) is 7.05 Å². The van der Waals surface area contributed by atoms with Crippen LogP contribution < -0.4 is 10.6 Å². The van der Waals surface area contributed by atoms with Gasteiger partial charge < -0.3 is 10.6 Å². The highest BCUT2D eigenvalue weighted by atomic mass is 16.2. The summed E-state index contributed by atoms with van der Waals surface area (Å²) in [6.45, 7) is 4.32. The molecule has 1 rings (SSSR count). The second-order valence-corrected chi connectivity index (χ2v) is 3.34. The Morgan fingerprint density at radius 1 is 1.50 bits per heavy atom. The van der Waals surface area contributed by atoms with Crippen LogP contribution in [-0.4, -0.2) is 35.2 Å². The van der Waals surface area contributed by atoms with Crippen molar-refractivity contribution in [3.63, 3.8) is 0 Å². The molecule has 2 N–H and O–H groups in total. The summed E-state index contributed by atoms with van der Waals surface area (Å²) < 4.78 is 1.61. The molecule has 0 aromatic carbocycles. The standard InChI is InChI=1S/C10H16N4O2/c1-4-14-8(5-7(2)13-14)10(16)12-6-9(15)11-3/h5H,4,6H2,1-3H3,(H,11,15)(H,12,16). The van der Waals surface area contributed by atoms with Crippen molar-refractivity contribution >= 4 is 11.8 Å². The molecule has 1 aromatic rings. The minimum atomic E-state index is -0.286. The van der Waals surface area contributed by atoms with Gasteiger partial charge in [0.2, 0.25) is 5.91 Å². The number of nitrogens with zero attached hydrogens (tertiary/aromatic N) is 2. The maximum absolute atomic E-state index is 11.7. The molecule has 0 spiro atoms. The van der Waals surface area contributed by atoms with Crippen molar-refractivity contribution in [2.75, 3.05) is 13.6 Å². The van der Waals surface area contributed by atoms with Crippen LogP contribution in [0.2, 0.25) is 0 Å². The molecule has 1 heterocycles. The molecule has 0 fully saturated rings. The molecular formula is C10H16N4O2. The Labute approximate surface area is 94.0 Å². The molecule has 88 valence electrons. The maximum Gasteiger partial charge on any atom is 0.269 e. The van der Waals surface area contributed by atoms with Crippen LogP contribution in [0.25, 0.3) is 0 Å². The fourth-order valence-corrected chi connectivity index (χ4v) is 1.31. The summed E-state index contributed by atoms with van der Waals surface area (Å²) in [7, 11) is 1.52. The van der Waals surface area contributed by atoms with E-state index in [1.807, 2.05) is 13.8 Å². The molecule has 0 aliphatic carbocycles. The summed E-state index contributed by atoms with van der Waals surface area (Å²) in [5, 5.41) is 9.11. The van der Waals surface area contributed by atoms with Gasteiger partial charge in [-0.15, -0.1) is 0 Å². The van der Waals surface area contributed by atoms with Crippen LogP contribution in [0.4, 0.5) is 0 Å². The van der Waals surface area contributed by atoms with Crippen molar-refractivity contribution in [2.24, 2.45) is 0 Å². The van der Waals surface area contributed by atoms with E-state index in [9.17, 15) is 9.59 Å². The van der Waals surface area contributed by atoms with Crippen molar-refractivity contribution in [3.05, 3.63) is 17.5 Å². The van der Waals surface area contributed by atoms with E-state index in [-0.39, 0.29) is 18.4 Å². The highest BCUT2D eigenvalue weighted by molar-refractivity contribution is 5.95. The number of likely N-dealkylation sites (N-methyl/N-ethyl adjacent to an activating group) is 1. The van der Waals surface area contributed by atoms with Gasteiger partial charge in [0.15, 0.2) is 0 Å². The first-order chi connectivity index (χ1) is 7.58. The third-order valence-corrected chi connectivity index (χ3v) is 2.12. The van der Waals surface area contributed by atoms with Gasteiger partial charge in [-0.2, -0.15) is 5.10 Å². The van der Waals surface area contributed by atoms with E-state index in [0.29, 0.717) is 12.2 Å². The second-order valence-electron chi connectivity index (χ2n) is 3.34. The molecule has 2 amide bonds. The number of rotatable bonds is 4. The smallest absolute Gasteiger partial charge is 0.269 e. The van der Waals surface area contributed by atoms with Crippen molar-refractivity contribution in [1.82, 2.24) is 20.4 Å². The van der Waals surface area contributed by atoms with Gasteiger partial charge in [-0.3, -0.25) is 14.3 Å². The molecule has 1 aromatic heterocycles. The highest BCUT2D eigenvalue weighted by Crippen LogP contribution is 2.03. The van der Waals surface area contributed by atoms with Gasteiger partial charge in [0.1, 0.15) is 5.69 Å². The zero-order chi connectivity index (χ0) is 12.1. The fraction of sp³-hybridized carbons (Fsp3) is 0.500. The Kier molecular flexibility index (Phi) is 4.04. The zero-order valence-electron chi connectivity index (χ0n) is 9.70. The predicted octanol–water partition coefficient (Wildman–Crippen LogP) is -0.313. The first kappa shape index (κ1) is 12.2. The van der Waals surface area contributed by atoms with Gasteiger partial charge >= 0.3 is 0 Å². The molecular weight excluding hydrogens is 208 g/mol. The Balaban J connectivity index is 2.68. The van der Waals surface area contributed by atoms with Crippen molar-refractivity contribution in [3.8, 4) is 0 Å². The summed E-state index contributed by atoms with van der Waals surface area (Å²) in [6, 6.07) is 1.70. The maximum atomic E-state index is 11.7. The van der Waals surface area contributed by atoms with Gasteiger partial charge in [0, 0.05) is 13.6 Å². The molecule has 16 heavy (non-hydrogen) atoms. The van der Waals surface area contributed by atoms with Crippen LogP contribution in [0, 0.1) is 6.92 Å². The van der Waals surface area contributed by atoms with E-state index in [4.69, 9.17) is 0 Å². The first-order valence-corrected chi connectivity index (χ1v) is 5.11. The lowest BCUT2D eigenvalue weighted by molar-refractivity contribution is -0.119. The first-order valence-electron chi connectivity index (χ1n) is 5.11. The predicted molar refractivity (Wildman–Crippen MR) is 59.0 cm³/mol. The fourth-order valence-electron chi connectivity index (χ4n) is 1.31. The van der Waals surface area contributed by atoms with E-state index in [0.717, 1.165) is 5.69 Å². The third kappa shape index (κ3) is 2.82. The van der Waals surface area contributed by atoms with Crippen LogP contribution in [0.5, 0.6) is 0 Å². The molecule has 6 nitrogen and oxygen atoms in total. The molecule has 0 aliphatic heterocycles. The van der Waals surface area contributed by atoms with E-state index in [2.05, 4.69) is 15.7 Å². The summed E-state index contributed by atoms with van der Waals surface area (Å²) in [5.74, 6) is -0.515. The molecule has 0 radical (unpaired) electrons. The zero-order valence-corrected chi connectivity index (χ0v) is 9.70. The number of hydrogen-bond acceptors (Lipinski definition) is 3. The molecule has 6 heteroatoms. The summed E-state index contributed by atoms with van der Waals surface area (Å²) in [5.41, 5.74) is 1.26. The Bertz CT molecular complexity index is 398. The molecule has 0 aliphatic rings. The quantitative estimate of drug-likeness (QED) is 0.736. The lowest BCUT2D eigenvalue weighted by Gasteiger charge is -2.05. The monoisotopic (exact) mass is 224 g/mol. The Morgan fingerprint density at radius 2 is 2.19 bits per heavy atom. The van der Waals surface area contributed by atoms with Gasteiger partial charge in [0.25, 0.3) is 5.91 Å². The molecule has 0 bridgehead atoms. The number of carbonyl (C=O) groups excluding carboxylic acids is 2. The van der Waals surface area contributed by atoms with Gasteiger partial charge in [0.05, 0.1) is 12.2 Å². The summed E-state index contributed by atoms with van der Waals surface area (Å²) >= 11 is 0. The molecule has 0 atom stereocenters. The van der Waals surface area contributed by atoms with Gasteiger partial charge in [-0.1, -0.05) is 0 Å². The minimum absolute atomic E-state index is 0.0245. The van der Waals surface area contributed by atoms with Gasteiger partial charge in [-0.25, -0.2) is 0 Å². The largest absolute Gasteiger partial charge is 0.358 e. The van der Waals surface area contributed by atoms with Crippen LogP contribution in [0.1, 0.15) is 23.1 Å². The second kappa shape index (κ2) is 5.29. The topological polar surface area (TPSA) is 76.0 Å². The number of hydrogen-bond donors (Lipinski definition) is 2. The van der Waals surface area contributed by atoms with E-state index in [1.54, 1.807) is 10.7 Å². The van der Waals surface area contributed by atoms with Crippen molar-refractivity contribution in [2.45, 2.75) is 20.4 Å². The SMILES string of the molecule is CCn1nc(C)cc1C(=O)NCC(=O)NC. The lowest BCUT2D eigenvalue weighted by Crippen LogP contribution is -2.36. The van der Waals surface area contributed by atoms with Crippen molar-refractivity contribution in [1.29, 1.82) is 0 Å². The van der Waals surface area contributed by atoms with Crippen LogP contribution in [0.15, 0.2) is 6.07 Å². The number of aromatic nitrogens is 2. The summed E-state index contributed by atoms with van der Waals surface area (Å²) in [6.07, 6.45) is 0. The average Bonchev–Trinajstić information content (AvgIpc) is 2.66. The Morgan fingerprint density at radius 3 is 2.75 bits per heavy atom. The van der Waals surface area contributed by atoms with E-state index >= 15 is 0 Å².